The second-order valence-corrected chi connectivity index (χ2v) is 3.98. The summed E-state index contributed by atoms with van der Waals surface area (Å²) in [5.74, 6) is -0.243. The van der Waals surface area contributed by atoms with Crippen molar-refractivity contribution in [2.24, 2.45) is 0 Å². The Morgan fingerprint density at radius 3 is 2.60 bits per heavy atom. The van der Waals surface area contributed by atoms with E-state index in [4.69, 9.17) is 15.3 Å². The van der Waals surface area contributed by atoms with E-state index in [1.165, 1.54) is 23.1 Å². The van der Waals surface area contributed by atoms with Gasteiger partial charge < -0.3 is 9.64 Å². The molecule has 0 unspecified atom stereocenters. The fraction of sp³-hybridized carbons (Fsp3) is 0.357. The van der Waals surface area contributed by atoms with Crippen molar-refractivity contribution in [3.05, 3.63) is 30.1 Å². The quantitative estimate of drug-likeness (QED) is 0.562. The van der Waals surface area contributed by atoms with E-state index in [0.717, 1.165) is 0 Å². The molecule has 0 bridgehead atoms. The van der Waals surface area contributed by atoms with Gasteiger partial charge in [0.05, 0.1) is 18.7 Å². The Morgan fingerprint density at radius 2 is 2.00 bits per heavy atom. The molecule has 0 atom stereocenters. The number of halogens is 1. The van der Waals surface area contributed by atoms with Gasteiger partial charge in [0, 0.05) is 12.5 Å². The van der Waals surface area contributed by atoms with Gasteiger partial charge in [0.25, 0.3) is 0 Å². The van der Waals surface area contributed by atoms with E-state index in [0.29, 0.717) is 12.2 Å². The van der Waals surface area contributed by atoms with E-state index in [-0.39, 0.29) is 37.8 Å². The van der Waals surface area contributed by atoms with Gasteiger partial charge in [-0.2, -0.15) is 10.5 Å². The van der Waals surface area contributed by atoms with Gasteiger partial charge in [-0.15, -0.1) is 0 Å². The van der Waals surface area contributed by atoms with Gasteiger partial charge in [-0.3, -0.25) is 4.79 Å². The minimum absolute atomic E-state index is 0.100. The van der Waals surface area contributed by atoms with Crippen molar-refractivity contribution in [1.82, 2.24) is 4.90 Å². The molecule has 0 aliphatic rings. The molecule has 20 heavy (non-hydrogen) atoms. The van der Waals surface area contributed by atoms with Crippen LogP contribution < -0.4 is 4.74 Å². The van der Waals surface area contributed by atoms with E-state index in [1.807, 2.05) is 12.1 Å². The molecule has 1 aromatic carbocycles. The summed E-state index contributed by atoms with van der Waals surface area (Å²) in [5.41, 5.74) is 0. The molecule has 0 fully saturated rings. The molecule has 0 N–H and O–H groups in total. The number of nitriles is 2. The molecule has 0 aromatic heterocycles. The van der Waals surface area contributed by atoms with Crippen LogP contribution in [0.4, 0.5) is 4.39 Å². The van der Waals surface area contributed by atoms with E-state index in [2.05, 4.69) is 0 Å². The van der Waals surface area contributed by atoms with Crippen molar-refractivity contribution < 1.29 is 13.9 Å². The molecule has 6 heteroatoms. The normalized spacial score (nSPS) is 9.35. The van der Waals surface area contributed by atoms with Crippen LogP contribution in [0.15, 0.2) is 24.3 Å². The van der Waals surface area contributed by atoms with Crippen LogP contribution in [0.1, 0.15) is 12.8 Å². The maximum absolute atomic E-state index is 12.9. The average Bonchev–Trinajstić information content (AvgIpc) is 2.43. The number of hydrogen-bond acceptors (Lipinski definition) is 4. The number of rotatable bonds is 7. The lowest BCUT2D eigenvalue weighted by Gasteiger charge is -2.15. The van der Waals surface area contributed by atoms with Gasteiger partial charge in [-0.1, -0.05) is 6.07 Å². The first kappa shape index (κ1) is 15.5. The molecule has 1 amide bonds. The third-order valence-electron chi connectivity index (χ3n) is 2.48. The van der Waals surface area contributed by atoms with Crippen LogP contribution in [-0.4, -0.2) is 30.5 Å². The number of amides is 1. The van der Waals surface area contributed by atoms with Crippen LogP contribution in [0.3, 0.4) is 0 Å². The SMILES string of the molecule is N#CCN(CC#N)C(=O)CCCOc1cccc(F)c1. The highest BCUT2D eigenvalue weighted by Gasteiger charge is 2.12. The third kappa shape index (κ3) is 5.36. The molecule has 1 rings (SSSR count). The van der Waals surface area contributed by atoms with E-state index < -0.39 is 0 Å². The fourth-order valence-electron chi connectivity index (χ4n) is 1.53. The maximum Gasteiger partial charge on any atom is 0.224 e. The molecule has 0 spiro atoms. The minimum Gasteiger partial charge on any atom is -0.493 e. The predicted molar refractivity (Wildman–Crippen MR) is 68.9 cm³/mol. The molecule has 0 radical (unpaired) electrons. The number of ether oxygens (including phenoxy) is 1. The maximum atomic E-state index is 12.9. The van der Waals surface area contributed by atoms with E-state index in [9.17, 15) is 9.18 Å². The largest absolute Gasteiger partial charge is 0.493 e. The van der Waals surface area contributed by atoms with E-state index in [1.54, 1.807) is 6.07 Å². The summed E-state index contributed by atoms with van der Waals surface area (Å²) in [6.45, 7) is 0.0659. The lowest BCUT2D eigenvalue weighted by molar-refractivity contribution is -0.130. The zero-order chi connectivity index (χ0) is 14.8. The summed E-state index contributed by atoms with van der Waals surface area (Å²) in [5, 5.41) is 17.1. The highest BCUT2D eigenvalue weighted by atomic mass is 19.1. The predicted octanol–water partition coefficient (Wildman–Crippen LogP) is 1.86. The lowest BCUT2D eigenvalue weighted by atomic mass is 10.3. The Balaban J connectivity index is 2.31. The van der Waals surface area contributed by atoms with Crippen LogP contribution in [0.25, 0.3) is 0 Å². The average molecular weight is 275 g/mol. The van der Waals surface area contributed by atoms with Crippen molar-refractivity contribution >= 4 is 5.91 Å². The fourth-order valence-corrected chi connectivity index (χ4v) is 1.53. The van der Waals surface area contributed by atoms with Crippen LogP contribution >= 0.6 is 0 Å². The first-order valence-electron chi connectivity index (χ1n) is 6.07. The van der Waals surface area contributed by atoms with Gasteiger partial charge in [-0.25, -0.2) is 4.39 Å². The zero-order valence-corrected chi connectivity index (χ0v) is 10.9. The number of carbonyl (C=O) groups excluding carboxylic acids is 1. The molecule has 0 saturated carbocycles. The van der Waals surface area contributed by atoms with Gasteiger partial charge in [0.15, 0.2) is 0 Å². The summed E-state index contributed by atoms with van der Waals surface area (Å²) < 4.78 is 18.2. The van der Waals surface area contributed by atoms with Crippen LogP contribution in [0.5, 0.6) is 5.75 Å². The van der Waals surface area contributed by atoms with Crippen LogP contribution in [0.2, 0.25) is 0 Å². The van der Waals surface area contributed by atoms with Gasteiger partial charge in [-0.05, 0) is 18.6 Å². The van der Waals surface area contributed by atoms with Gasteiger partial charge >= 0.3 is 0 Å². The number of carbonyl (C=O) groups is 1. The van der Waals surface area contributed by atoms with Crippen molar-refractivity contribution in [2.45, 2.75) is 12.8 Å². The smallest absolute Gasteiger partial charge is 0.224 e. The van der Waals surface area contributed by atoms with Crippen molar-refractivity contribution in [2.75, 3.05) is 19.7 Å². The number of benzene rings is 1. The summed E-state index contributed by atoms with van der Waals surface area (Å²) in [7, 11) is 0. The molecule has 5 nitrogen and oxygen atoms in total. The van der Waals surface area contributed by atoms with Gasteiger partial charge in [0.2, 0.25) is 5.91 Å². The summed E-state index contributed by atoms with van der Waals surface area (Å²) in [4.78, 5) is 12.9. The van der Waals surface area contributed by atoms with Crippen molar-refractivity contribution in [1.29, 1.82) is 10.5 Å². The molecule has 0 aliphatic heterocycles. The first-order chi connectivity index (χ1) is 9.67. The first-order valence-corrected chi connectivity index (χ1v) is 6.07. The molecule has 104 valence electrons. The molecule has 0 saturated heterocycles. The Morgan fingerprint density at radius 1 is 1.30 bits per heavy atom. The third-order valence-corrected chi connectivity index (χ3v) is 2.48. The highest BCUT2D eigenvalue weighted by Crippen LogP contribution is 2.12. The summed E-state index contributed by atoms with van der Waals surface area (Å²) >= 11 is 0. The van der Waals surface area contributed by atoms with Crippen molar-refractivity contribution in [3.63, 3.8) is 0 Å². The van der Waals surface area contributed by atoms with Crippen LogP contribution in [0, 0.1) is 28.5 Å². The standard InChI is InChI=1S/C14H14FN3O2/c15-12-3-1-4-13(11-12)20-10-2-5-14(19)18(8-6-16)9-7-17/h1,3-4,11H,2,5,8-10H2. The Hall–Kier alpha value is -2.60. The molecule has 0 heterocycles. The lowest BCUT2D eigenvalue weighted by Crippen LogP contribution is -2.31. The van der Waals surface area contributed by atoms with Crippen LogP contribution in [-0.2, 0) is 4.79 Å². The molecular formula is C14H14FN3O2. The number of nitrogens with zero attached hydrogens (tertiary/aromatic N) is 3. The van der Waals surface area contributed by atoms with Crippen molar-refractivity contribution in [3.8, 4) is 17.9 Å². The van der Waals surface area contributed by atoms with E-state index >= 15 is 0 Å². The Kier molecular flexibility index (Phi) is 6.56. The second kappa shape index (κ2) is 8.49. The number of hydrogen-bond donors (Lipinski definition) is 0. The minimum atomic E-state index is -0.382. The molecule has 1 aromatic rings. The highest BCUT2D eigenvalue weighted by molar-refractivity contribution is 5.76. The zero-order valence-electron chi connectivity index (χ0n) is 10.9. The second-order valence-electron chi connectivity index (χ2n) is 3.98. The summed E-state index contributed by atoms with van der Waals surface area (Å²) in [6.07, 6.45) is 0.612. The monoisotopic (exact) mass is 275 g/mol. The molecular weight excluding hydrogens is 261 g/mol. The summed E-state index contributed by atoms with van der Waals surface area (Å²) in [6, 6.07) is 9.42. The topological polar surface area (TPSA) is 77.1 Å². The Labute approximate surface area is 116 Å². The van der Waals surface area contributed by atoms with Gasteiger partial charge in [0.1, 0.15) is 24.7 Å². The Bertz CT molecular complexity index is 518. The molecule has 0 aliphatic carbocycles.